The minimum Gasteiger partial charge on any atom is -0.477 e. The van der Waals surface area contributed by atoms with Gasteiger partial charge in [-0.3, -0.25) is 4.68 Å². The summed E-state index contributed by atoms with van der Waals surface area (Å²) in [5.41, 5.74) is 0.455. The van der Waals surface area contributed by atoms with Gasteiger partial charge in [0.05, 0.1) is 25.0 Å². The maximum atomic E-state index is 11.6. The Morgan fingerprint density at radius 2 is 2.24 bits per heavy atom. The van der Waals surface area contributed by atoms with Crippen LogP contribution in [0.5, 0.6) is 0 Å². The molecule has 0 aliphatic carbocycles. The summed E-state index contributed by atoms with van der Waals surface area (Å²) in [6.45, 7) is 2.75. The van der Waals surface area contributed by atoms with Crippen molar-refractivity contribution in [3.8, 4) is 0 Å². The Balaban J connectivity index is 1.73. The maximum absolute atomic E-state index is 11.6. The maximum Gasteiger partial charge on any atom is 0.347 e. The molecule has 0 atom stereocenters. The number of nitrogens with zero attached hydrogens (tertiary/aromatic N) is 4. The monoisotopic (exact) mass is 310 g/mol. The highest BCUT2D eigenvalue weighted by molar-refractivity contribution is 7.13. The molecule has 0 unspecified atom stereocenters. The van der Waals surface area contributed by atoms with Crippen molar-refractivity contribution in [2.45, 2.75) is 20.0 Å². The molecular weight excluding hydrogens is 296 g/mol. The molecule has 2 aromatic rings. The normalized spacial score (nSPS) is 10.3. The number of hydrogen-bond donors (Lipinski definition) is 3. The summed E-state index contributed by atoms with van der Waals surface area (Å²) in [4.78, 5) is 26.7. The van der Waals surface area contributed by atoms with Gasteiger partial charge in [0.25, 0.3) is 0 Å². The summed E-state index contributed by atoms with van der Waals surface area (Å²) in [6, 6.07) is -0.347. The second kappa shape index (κ2) is 6.79. The molecule has 2 heterocycles. The number of aromatic nitrogens is 4. The summed E-state index contributed by atoms with van der Waals surface area (Å²) in [5.74, 6) is -1.01. The molecule has 21 heavy (non-hydrogen) atoms. The number of carbonyl (C=O) groups is 2. The minimum absolute atomic E-state index is 0.188. The van der Waals surface area contributed by atoms with Gasteiger partial charge in [0, 0.05) is 12.7 Å². The molecule has 0 spiro atoms. The minimum atomic E-state index is -1.01. The van der Waals surface area contributed by atoms with Crippen LogP contribution in [0.25, 0.3) is 0 Å². The highest BCUT2D eigenvalue weighted by Gasteiger charge is 2.14. The Morgan fingerprint density at radius 1 is 1.43 bits per heavy atom. The van der Waals surface area contributed by atoms with Crippen molar-refractivity contribution in [3.63, 3.8) is 0 Å². The van der Waals surface area contributed by atoms with E-state index in [0.717, 1.165) is 11.3 Å². The standard InChI is InChI=1S/C11H14N6O3S/c1-7-9(10(18)19)21-8(15-7)6-13-11(20)12-2-4-17-5-3-14-16-17/h3,5H,2,4,6H2,1H3,(H,18,19)(H2,12,13,20). The molecule has 0 saturated heterocycles. The fourth-order valence-corrected chi connectivity index (χ4v) is 2.42. The number of hydrogen-bond acceptors (Lipinski definition) is 6. The zero-order valence-electron chi connectivity index (χ0n) is 11.2. The molecule has 3 N–H and O–H groups in total. The van der Waals surface area contributed by atoms with E-state index in [1.54, 1.807) is 24.0 Å². The molecule has 0 aliphatic heterocycles. The zero-order chi connectivity index (χ0) is 15.2. The van der Waals surface area contributed by atoms with Crippen LogP contribution in [0.3, 0.4) is 0 Å². The number of nitrogens with one attached hydrogen (secondary N) is 2. The van der Waals surface area contributed by atoms with Gasteiger partial charge in [-0.2, -0.15) is 0 Å². The van der Waals surface area contributed by atoms with Crippen molar-refractivity contribution in [1.82, 2.24) is 30.6 Å². The van der Waals surface area contributed by atoms with E-state index in [-0.39, 0.29) is 17.5 Å². The van der Waals surface area contributed by atoms with Crippen LogP contribution in [0.15, 0.2) is 12.4 Å². The van der Waals surface area contributed by atoms with Crippen molar-refractivity contribution in [3.05, 3.63) is 28.0 Å². The van der Waals surface area contributed by atoms with Crippen molar-refractivity contribution in [1.29, 1.82) is 0 Å². The second-order valence-electron chi connectivity index (χ2n) is 4.10. The molecular formula is C11H14N6O3S. The summed E-state index contributed by atoms with van der Waals surface area (Å²) < 4.78 is 1.60. The zero-order valence-corrected chi connectivity index (χ0v) is 12.1. The lowest BCUT2D eigenvalue weighted by molar-refractivity contribution is 0.0701. The molecule has 10 heteroatoms. The first-order valence-electron chi connectivity index (χ1n) is 6.11. The van der Waals surface area contributed by atoms with Crippen LogP contribution in [0.4, 0.5) is 4.79 Å². The second-order valence-corrected chi connectivity index (χ2v) is 5.19. The van der Waals surface area contributed by atoms with Gasteiger partial charge in [0.2, 0.25) is 0 Å². The number of aromatic carboxylic acids is 1. The highest BCUT2D eigenvalue weighted by atomic mass is 32.1. The number of urea groups is 1. The summed E-state index contributed by atoms with van der Waals surface area (Å²) in [5, 5.41) is 22.2. The van der Waals surface area contributed by atoms with Gasteiger partial charge < -0.3 is 15.7 Å². The SMILES string of the molecule is Cc1nc(CNC(=O)NCCn2ccnn2)sc1C(=O)O. The molecule has 2 amide bonds. The number of amides is 2. The lowest BCUT2D eigenvalue weighted by atomic mass is 10.4. The Hall–Kier alpha value is -2.49. The van der Waals surface area contributed by atoms with Gasteiger partial charge in [0.15, 0.2) is 0 Å². The fraction of sp³-hybridized carbons (Fsp3) is 0.364. The van der Waals surface area contributed by atoms with Crippen LogP contribution in [-0.4, -0.2) is 43.6 Å². The third-order valence-corrected chi connectivity index (χ3v) is 3.68. The van der Waals surface area contributed by atoms with Gasteiger partial charge in [-0.25, -0.2) is 14.6 Å². The fourth-order valence-electron chi connectivity index (χ4n) is 1.58. The Morgan fingerprint density at radius 3 is 2.86 bits per heavy atom. The number of rotatable bonds is 6. The molecule has 0 aromatic carbocycles. The van der Waals surface area contributed by atoms with Gasteiger partial charge >= 0.3 is 12.0 Å². The third kappa shape index (κ3) is 4.24. The molecule has 0 radical (unpaired) electrons. The molecule has 0 bridgehead atoms. The smallest absolute Gasteiger partial charge is 0.347 e. The van der Waals surface area contributed by atoms with E-state index in [1.165, 1.54) is 0 Å². The Bertz CT molecular complexity index is 624. The molecule has 2 aromatic heterocycles. The third-order valence-electron chi connectivity index (χ3n) is 2.53. The topological polar surface area (TPSA) is 122 Å². The van der Waals surface area contributed by atoms with Gasteiger partial charge in [-0.1, -0.05) is 5.21 Å². The number of aryl methyl sites for hydroxylation is 1. The van der Waals surface area contributed by atoms with Crippen molar-refractivity contribution in [2.24, 2.45) is 0 Å². The van der Waals surface area contributed by atoms with E-state index in [1.807, 2.05) is 0 Å². The van der Waals surface area contributed by atoms with E-state index >= 15 is 0 Å². The van der Waals surface area contributed by atoms with Crippen LogP contribution in [0, 0.1) is 6.92 Å². The van der Waals surface area contributed by atoms with Gasteiger partial charge in [0.1, 0.15) is 9.88 Å². The van der Waals surface area contributed by atoms with E-state index in [2.05, 4.69) is 25.9 Å². The van der Waals surface area contributed by atoms with E-state index in [0.29, 0.717) is 23.8 Å². The highest BCUT2D eigenvalue weighted by Crippen LogP contribution is 2.17. The van der Waals surface area contributed by atoms with Crippen molar-refractivity contribution < 1.29 is 14.7 Å². The summed E-state index contributed by atoms with van der Waals surface area (Å²) in [7, 11) is 0. The molecule has 0 aliphatic rings. The number of carboxylic acid groups (broad SMARTS) is 1. The van der Waals surface area contributed by atoms with E-state index in [9.17, 15) is 9.59 Å². The molecule has 0 fully saturated rings. The van der Waals surface area contributed by atoms with Crippen molar-refractivity contribution >= 4 is 23.3 Å². The Labute approximate surface area is 124 Å². The van der Waals surface area contributed by atoms with Crippen LogP contribution in [-0.2, 0) is 13.1 Å². The summed E-state index contributed by atoms with van der Waals surface area (Å²) >= 11 is 1.06. The largest absolute Gasteiger partial charge is 0.477 e. The first kappa shape index (κ1) is 14.9. The van der Waals surface area contributed by atoms with E-state index < -0.39 is 5.97 Å². The average Bonchev–Trinajstić information content (AvgIpc) is 3.06. The predicted octanol–water partition coefficient (Wildman–Crippen LogP) is 0.241. The van der Waals surface area contributed by atoms with E-state index in [4.69, 9.17) is 5.11 Å². The Kier molecular flexibility index (Phi) is 4.82. The predicted molar refractivity (Wildman–Crippen MR) is 74.1 cm³/mol. The van der Waals surface area contributed by atoms with Gasteiger partial charge in [-0.15, -0.1) is 16.4 Å². The van der Waals surface area contributed by atoms with Gasteiger partial charge in [-0.05, 0) is 6.92 Å². The average molecular weight is 310 g/mol. The van der Waals surface area contributed by atoms with Crippen LogP contribution in [0.2, 0.25) is 0 Å². The summed E-state index contributed by atoms with van der Waals surface area (Å²) in [6.07, 6.45) is 3.26. The lowest BCUT2D eigenvalue weighted by Crippen LogP contribution is -2.36. The molecule has 2 rings (SSSR count). The first-order valence-corrected chi connectivity index (χ1v) is 6.93. The van der Waals surface area contributed by atoms with Crippen molar-refractivity contribution in [2.75, 3.05) is 6.54 Å². The number of thiazole rings is 1. The molecule has 0 saturated carbocycles. The van der Waals surface area contributed by atoms with Crippen LogP contribution in [0.1, 0.15) is 20.4 Å². The lowest BCUT2D eigenvalue weighted by Gasteiger charge is -2.05. The molecule has 112 valence electrons. The van der Waals surface area contributed by atoms with Crippen LogP contribution >= 0.6 is 11.3 Å². The number of carbonyl (C=O) groups excluding carboxylic acids is 1. The molecule has 9 nitrogen and oxygen atoms in total. The van der Waals surface area contributed by atoms with Crippen LogP contribution < -0.4 is 10.6 Å². The quantitative estimate of drug-likeness (QED) is 0.702. The first-order chi connectivity index (χ1) is 10.1. The number of carboxylic acids is 1.